The Hall–Kier alpha value is -3.79. The fraction of sp³-hybridized carbons (Fsp3) is 0. The minimum Gasteiger partial charge on any atom is -0.507 e. The van der Waals surface area contributed by atoms with Gasteiger partial charge in [-0.3, -0.25) is 29.9 Å². The maximum absolute atomic E-state index is 12.8. The van der Waals surface area contributed by atoms with Crippen molar-refractivity contribution in [3.63, 3.8) is 0 Å². The zero-order valence-corrected chi connectivity index (χ0v) is 14.3. The molecule has 2 aromatic rings. The van der Waals surface area contributed by atoms with Gasteiger partial charge in [0.05, 0.1) is 10.6 Å². The molecule has 0 spiro atoms. The van der Waals surface area contributed by atoms with Crippen molar-refractivity contribution >= 4 is 46.6 Å². The number of benzene rings is 2. The number of nitrogens with zero attached hydrogens (tertiary/aromatic N) is 2. The molecule has 3 N–H and O–H groups in total. The Kier molecular flexibility index (Phi) is 4.57. The third-order valence-corrected chi connectivity index (χ3v) is 4.02. The van der Waals surface area contributed by atoms with Gasteiger partial charge in [0.2, 0.25) is 0 Å². The monoisotopic (exact) mass is 385 g/mol. The van der Waals surface area contributed by atoms with Gasteiger partial charge in [0, 0.05) is 17.7 Å². The van der Waals surface area contributed by atoms with E-state index in [1.807, 2.05) is 0 Å². The molecule has 0 unspecified atom stereocenters. The molecule has 1 saturated heterocycles. The highest BCUT2D eigenvalue weighted by atomic mass is 32.1. The van der Waals surface area contributed by atoms with Gasteiger partial charge in [0.25, 0.3) is 11.8 Å². The van der Waals surface area contributed by atoms with Crippen molar-refractivity contribution in [2.45, 2.75) is 0 Å². The lowest BCUT2D eigenvalue weighted by atomic mass is 10.1. The molecule has 1 fully saturated rings. The molecule has 2 aromatic carbocycles. The summed E-state index contributed by atoms with van der Waals surface area (Å²) in [5, 5.41) is 32.7. The van der Waals surface area contributed by atoms with E-state index in [0.29, 0.717) is 5.69 Å². The summed E-state index contributed by atoms with van der Waals surface area (Å²) in [6.07, 6.45) is 0.997. The van der Waals surface area contributed by atoms with Gasteiger partial charge in [-0.05, 0) is 30.4 Å². The molecular formula is C17H11N3O6S. The number of thiocarbonyl (C=S) groups is 1. The lowest BCUT2D eigenvalue weighted by Crippen LogP contribution is -2.54. The first-order chi connectivity index (χ1) is 12.8. The topological polar surface area (TPSA) is 133 Å². The molecule has 0 atom stereocenters. The molecule has 1 heterocycles. The molecule has 2 amide bonds. The van der Waals surface area contributed by atoms with E-state index in [1.54, 1.807) is 30.3 Å². The van der Waals surface area contributed by atoms with Crippen LogP contribution in [0.3, 0.4) is 0 Å². The van der Waals surface area contributed by atoms with Gasteiger partial charge < -0.3 is 10.2 Å². The van der Waals surface area contributed by atoms with Crippen molar-refractivity contribution in [1.29, 1.82) is 0 Å². The zero-order chi connectivity index (χ0) is 19.7. The maximum Gasteiger partial charge on any atom is 0.311 e. The van der Waals surface area contributed by atoms with Crippen molar-refractivity contribution in [2.75, 3.05) is 4.90 Å². The number of phenolic OH excluding ortho intramolecular Hbond substituents is 2. The van der Waals surface area contributed by atoms with Crippen molar-refractivity contribution in [3.8, 4) is 11.5 Å². The maximum atomic E-state index is 12.8. The number of anilines is 1. The van der Waals surface area contributed by atoms with Gasteiger partial charge in [-0.15, -0.1) is 0 Å². The largest absolute Gasteiger partial charge is 0.507 e. The second kappa shape index (κ2) is 6.84. The van der Waals surface area contributed by atoms with Crippen molar-refractivity contribution in [3.05, 3.63) is 63.7 Å². The van der Waals surface area contributed by atoms with Crippen LogP contribution in [0.15, 0.2) is 48.0 Å². The molecule has 0 radical (unpaired) electrons. The van der Waals surface area contributed by atoms with Gasteiger partial charge in [0.1, 0.15) is 11.3 Å². The van der Waals surface area contributed by atoms with Crippen LogP contribution in [0.4, 0.5) is 11.4 Å². The number of aromatic hydroxyl groups is 2. The first-order valence-corrected chi connectivity index (χ1v) is 7.87. The highest BCUT2D eigenvalue weighted by molar-refractivity contribution is 7.80. The van der Waals surface area contributed by atoms with E-state index >= 15 is 0 Å². The summed E-state index contributed by atoms with van der Waals surface area (Å²) >= 11 is 5.05. The lowest BCUT2D eigenvalue weighted by Gasteiger charge is -2.28. The van der Waals surface area contributed by atoms with Crippen molar-refractivity contribution in [1.82, 2.24) is 5.32 Å². The fourth-order valence-corrected chi connectivity index (χ4v) is 2.75. The van der Waals surface area contributed by atoms with Gasteiger partial charge in [-0.2, -0.15) is 0 Å². The summed E-state index contributed by atoms with van der Waals surface area (Å²) in [6, 6.07) is 9.95. The Morgan fingerprint density at radius 1 is 1.11 bits per heavy atom. The zero-order valence-electron chi connectivity index (χ0n) is 13.4. The van der Waals surface area contributed by atoms with Crippen LogP contribution >= 0.6 is 12.2 Å². The van der Waals surface area contributed by atoms with E-state index in [4.69, 9.17) is 12.2 Å². The molecule has 27 heavy (non-hydrogen) atoms. The Morgan fingerprint density at radius 2 is 1.78 bits per heavy atom. The van der Waals surface area contributed by atoms with E-state index in [9.17, 15) is 29.9 Å². The summed E-state index contributed by atoms with van der Waals surface area (Å²) in [5.74, 6) is -2.85. The van der Waals surface area contributed by atoms with Crippen LogP contribution in [-0.2, 0) is 9.59 Å². The number of carbonyl (C=O) groups is 2. The van der Waals surface area contributed by atoms with Gasteiger partial charge >= 0.3 is 5.69 Å². The molecule has 136 valence electrons. The predicted molar refractivity (Wildman–Crippen MR) is 99.1 cm³/mol. The highest BCUT2D eigenvalue weighted by Crippen LogP contribution is 2.34. The second-order valence-corrected chi connectivity index (χ2v) is 5.84. The first kappa shape index (κ1) is 18.0. The summed E-state index contributed by atoms with van der Waals surface area (Å²) in [6.45, 7) is 0. The molecule has 0 saturated carbocycles. The van der Waals surface area contributed by atoms with Crippen LogP contribution in [0.2, 0.25) is 0 Å². The number of nitro groups is 1. The van der Waals surface area contributed by atoms with Crippen LogP contribution in [0.5, 0.6) is 11.5 Å². The number of nitrogens with one attached hydrogen (secondary N) is 1. The fourth-order valence-electron chi connectivity index (χ4n) is 2.47. The van der Waals surface area contributed by atoms with E-state index in [-0.39, 0.29) is 16.2 Å². The second-order valence-electron chi connectivity index (χ2n) is 5.45. The van der Waals surface area contributed by atoms with E-state index < -0.39 is 33.9 Å². The van der Waals surface area contributed by atoms with Gasteiger partial charge in [0.15, 0.2) is 10.9 Å². The smallest absolute Gasteiger partial charge is 0.311 e. The average Bonchev–Trinajstić information content (AvgIpc) is 2.60. The summed E-state index contributed by atoms with van der Waals surface area (Å²) < 4.78 is 0. The molecule has 3 rings (SSSR count). The molecule has 0 bridgehead atoms. The average molecular weight is 385 g/mol. The Bertz CT molecular complexity index is 1020. The number of carbonyl (C=O) groups excluding carboxylic acids is 2. The quantitative estimate of drug-likeness (QED) is 0.241. The van der Waals surface area contributed by atoms with Gasteiger partial charge in [-0.25, -0.2) is 0 Å². The molecule has 0 aromatic heterocycles. The Labute approximate surface area is 157 Å². The number of para-hydroxylation sites is 1. The summed E-state index contributed by atoms with van der Waals surface area (Å²) in [7, 11) is 0. The normalized spacial score (nSPS) is 15.8. The third kappa shape index (κ3) is 3.33. The summed E-state index contributed by atoms with van der Waals surface area (Å²) in [4.78, 5) is 36.2. The summed E-state index contributed by atoms with van der Waals surface area (Å²) in [5.41, 5.74) is -0.834. The van der Waals surface area contributed by atoms with Crippen LogP contribution in [0, 0.1) is 10.1 Å². The number of nitro benzene ring substituents is 1. The van der Waals surface area contributed by atoms with Crippen LogP contribution in [0.1, 0.15) is 5.56 Å². The van der Waals surface area contributed by atoms with E-state index in [1.165, 1.54) is 0 Å². The SMILES string of the molecule is O=C1NC(=S)N(c2ccccc2)C(=O)/C1=C/c1cc([N+](=O)[O-])c(O)cc1O. The number of phenols is 2. The lowest BCUT2D eigenvalue weighted by molar-refractivity contribution is -0.385. The Balaban J connectivity index is 2.09. The molecule has 9 nitrogen and oxygen atoms in total. The van der Waals surface area contributed by atoms with E-state index in [0.717, 1.165) is 23.1 Å². The molecule has 0 aliphatic carbocycles. The van der Waals surface area contributed by atoms with Crippen LogP contribution in [-0.4, -0.2) is 32.1 Å². The van der Waals surface area contributed by atoms with E-state index in [2.05, 4.69) is 5.32 Å². The standard InChI is InChI=1S/C17H11N3O6S/c21-13-8-14(22)12(20(25)26)7-9(13)6-11-15(23)18-17(27)19(16(11)24)10-4-2-1-3-5-10/h1-8,21-22H,(H,18,23,27)/b11-6+. The van der Waals surface area contributed by atoms with Crippen molar-refractivity contribution < 1.29 is 24.7 Å². The molecule has 10 heteroatoms. The molecule has 1 aliphatic heterocycles. The number of rotatable bonds is 3. The van der Waals surface area contributed by atoms with Crippen LogP contribution in [0.25, 0.3) is 6.08 Å². The molecular weight excluding hydrogens is 374 g/mol. The number of hydrogen-bond acceptors (Lipinski definition) is 7. The van der Waals surface area contributed by atoms with Crippen molar-refractivity contribution in [2.24, 2.45) is 0 Å². The minimum absolute atomic E-state index is 0.116. The number of amides is 2. The van der Waals surface area contributed by atoms with Gasteiger partial charge in [-0.1, -0.05) is 18.2 Å². The minimum atomic E-state index is -0.856. The highest BCUT2D eigenvalue weighted by Gasteiger charge is 2.34. The third-order valence-electron chi connectivity index (χ3n) is 3.74. The Morgan fingerprint density at radius 3 is 2.41 bits per heavy atom. The molecule has 1 aliphatic rings. The van der Waals surface area contributed by atoms with Crippen LogP contribution < -0.4 is 10.2 Å². The number of hydrogen-bond donors (Lipinski definition) is 3. The predicted octanol–water partition coefficient (Wildman–Crippen LogP) is 1.84. The first-order valence-electron chi connectivity index (χ1n) is 7.46.